The maximum Gasteiger partial charge on any atom is 0.0603 e. The Morgan fingerprint density at radius 2 is 1.76 bits per heavy atom. The molecule has 2 aromatic carbocycles. The molecule has 1 nitrogen and oxygen atoms in total. The second-order valence-electron chi connectivity index (χ2n) is 4.74. The summed E-state index contributed by atoms with van der Waals surface area (Å²) >= 11 is 17.2. The molecule has 112 valence electrons. The van der Waals surface area contributed by atoms with Gasteiger partial charge in [-0.05, 0) is 42.3 Å². The fraction of sp³-hybridized carbons (Fsp3) is 0.250. The molecule has 0 fully saturated rings. The van der Waals surface area contributed by atoms with Crippen molar-refractivity contribution in [1.82, 2.24) is 0 Å². The van der Waals surface area contributed by atoms with Crippen LogP contribution in [0.25, 0.3) is 0 Å². The van der Waals surface area contributed by atoms with Gasteiger partial charge in [0, 0.05) is 20.7 Å². The highest BCUT2D eigenvalue weighted by atomic mass is 79.9. The molecule has 2 N–H and O–H groups in total. The van der Waals surface area contributed by atoms with Crippen LogP contribution in [0, 0.1) is 0 Å². The SMILES string of the molecule is CCC(N)C(Sc1ccc(Cl)c(Cl)c1)c1ccc(Br)cc1. The maximum absolute atomic E-state index is 6.31. The van der Waals surface area contributed by atoms with Crippen LogP contribution in [0.15, 0.2) is 51.8 Å². The first kappa shape index (κ1) is 17.2. The van der Waals surface area contributed by atoms with E-state index < -0.39 is 0 Å². The molecule has 2 unspecified atom stereocenters. The Hall–Kier alpha value is -0.190. The van der Waals surface area contributed by atoms with Crippen molar-refractivity contribution in [1.29, 1.82) is 0 Å². The Kier molecular flexibility index (Phi) is 6.45. The lowest BCUT2D eigenvalue weighted by atomic mass is 10.0. The summed E-state index contributed by atoms with van der Waals surface area (Å²) in [5.74, 6) is 0. The first-order valence-corrected chi connectivity index (χ1v) is 9.07. The zero-order valence-electron chi connectivity index (χ0n) is 11.5. The Morgan fingerprint density at radius 1 is 1.10 bits per heavy atom. The number of halogens is 3. The van der Waals surface area contributed by atoms with Crippen LogP contribution in [-0.4, -0.2) is 6.04 Å². The van der Waals surface area contributed by atoms with Gasteiger partial charge in [0.2, 0.25) is 0 Å². The fourth-order valence-corrected chi connectivity index (χ4v) is 3.88. The summed E-state index contributed by atoms with van der Waals surface area (Å²) in [4.78, 5) is 1.07. The number of nitrogens with two attached hydrogens (primary N) is 1. The van der Waals surface area contributed by atoms with Crippen molar-refractivity contribution < 1.29 is 0 Å². The lowest BCUT2D eigenvalue weighted by Crippen LogP contribution is -2.25. The zero-order chi connectivity index (χ0) is 15.4. The van der Waals surface area contributed by atoms with Crippen molar-refractivity contribution in [2.75, 3.05) is 0 Å². The molecule has 0 saturated heterocycles. The van der Waals surface area contributed by atoms with Crippen LogP contribution in [0.4, 0.5) is 0 Å². The van der Waals surface area contributed by atoms with Gasteiger partial charge in [-0.25, -0.2) is 0 Å². The molecule has 2 aromatic rings. The van der Waals surface area contributed by atoms with Gasteiger partial charge >= 0.3 is 0 Å². The van der Waals surface area contributed by atoms with Crippen molar-refractivity contribution in [3.05, 3.63) is 62.5 Å². The third-order valence-corrected chi connectivity index (χ3v) is 5.88. The Bertz CT molecular complexity index is 604. The Balaban J connectivity index is 2.28. The average molecular weight is 405 g/mol. The number of benzene rings is 2. The van der Waals surface area contributed by atoms with Gasteiger partial charge < -0.3 is 5.73 Å². The molecule has 0 aromatic heterocycles. The minimum atomic E-state index is 0.0747. The molecule has 0 radical (unpaired) electrons. The first-order valence-electron chi connectivity index (χ1n) is 6.64. The van der Waals surface area contributed by atoms with E-state index in [0.717, 1.165) is 15.8 Å². The molecule has 2 rings (SSSR count). The molecule has 21 heavy (non-hydrogen) atoms. The van der Waals surface area contributed by atoms with Crippen LogP contribution in [0.1, 0.15) is 24.2 Å². The largest absolute Gasteiger partial charge is 0.326 e. The van der Waals surface area contributed by atoms with Gasteiger partial charge in [-0.15, -0.1) is 11.8 Å². The van der Waals surface area contributed by atoms with Crippen molar-refractivity contribution >= 4 is 50.9 Å². The van der Waals surface area contributed by atoms with E-state index in [2.05, 4.69) is 35.0 Å². The van der Waals surface area contributed by atoms with Crippen LogP contribution in [-0.2, 0) is 0 Å². The van der Waals surface area contributed by atoms with Crippen molar-refractivity contribution in [3.8, 4) is 0 Å². The second kappa shape index (κ2) is 7.89. The van der Waals surface area contributed by atoms with E-state index in [1.807, 2.05) is 30.3 Å². The van der Waals surface area contributed by atoms with E-state index in [1.54, 1.807) is 11.8 Å². The van der Waals surface area contributed by atoms with E-state index in [0.29, 0.717) is 10.0 Å². The minimum absolute atomic E-state index is 0.0747. The van der Waals surface area contributed by atoms with Crippen LogP contribution in [0.3, 0.4) is 0 Å². The quantitative estimate of drug-likeness (QED) is 0.589. The lowest BCUT2D eigenvalue weighted by molar-refractivity contribution is 0.634. The molecule has 0 aliphatic rings. The fourth-order valence-electron chi connectivity index (χ4n) is 1.97. The van der Waals surface area contributed by atoms with Crippen LogP contribution in [0.2, 0.25) is 10.0 Å². The zero-order valence-corrected chi connectivity index (χ0v) is 15.4. The highest BCUT2D eigenvalue weighted by Gasteiger charge is 2.20. The van der Waals surface area contributed by atoms with Crippen LogP contribution < -0.4 is 5.73 Å². The minimum Gasteiger partial charge on any atom is -0.326 e. The molecule has 0 aliphatic heterocycles. The summed E-state index contributed by atoms with van der Waals surface area (Å²) in [5.41, 5.74) is 7.52. The van der Waals surface area contributed by atoms with Gasteiger partial charge in [-0.1, -0.05) is 58.2 Å². The molecule has 0 aliphatic carbocycles. The Morgan fingerprint density at radius 3 is 2.33 bits per heavy atom. The Labute approximate surface area is 148 Å². The highest BCUT2D eigenvalue weighted by molar-refractivity contribution is 9.10. The number of hydrogen-bond donors (Lipinski definition) is 1. The standard InChI is InChI=1S/C16H16BrCl2NS/c1-2-15(20)16(10-3-5-11(17)6-4-10)21-12-7-8-13(18)14(19)9-12/h3-9,15-16H,2,20H2,1H3. The molecule has 0 amide bonds. The average Bonchev–Trinajstić information content (AvgIpc) is 2.48. The van der Waals surface area contributed by atoms with E-state index in [1.165, 1.54) is 5.56 Å². The van der Waals surface area contributed by atoms with Crippen LogP contribution >= 0.6 is 50.9 Å². The molecule has 0 heterocycles. The summed E-state index contributed by atoms with van der Waals surface area (Å²) < 4.78 is 1.06. The van der Waals surface area contributed by atoms with E-state index >= 15 is 0 Å². The first-order chi connectivity index (χ1) is 10.0. The molecule has 0 saturated carbocycles. The topological polar surface area (TPSA) is 26.0 Å². The van der Waals surface area contributed by atoms with E-state index in [4.69, 9.17) is 28.9 Å². The third-order valence-electron chi connectivity index (χ3n) is 3.21. The molecule has 2 atom stereocenters. The summed E-state index contributed by atoms with van der Waals surface area (Å²) in [6.45, 7) is 2.10. The summed E-state index contributed by atoms with van der Waals surface area (Å²) in [5, 5.41) is 1.32. The van der Waals surface area contributed by atoms with Crippen molar-refractivity contribution in [2.24, 2.45) is 5.73 Å². The smallest absolute Gasteiger partial charge is 0.0603 e. The lowest BCUT2D eigenvalue weighted by Gasteiger charge is -2.23. The van der Waals surface area contributed by atoms with Gasteiger partial charge in [0.15, 0.2) is 0 Å². The van der Waals surface area contributed by atoms with E-state index in [9.17, 15) is 0 Å². The van der Waals surface area contributed by atoms with Gasteiger partial charge in [0.1, 0.15) is 0 Å². The highest BCUT2D eigenvalue weighted by Crippen LogP contribution is 2.40. The molecular weight excluding hydrogens is 389 g/mol. The summed E-state index contributed by atoms with van der Waals surface area (Å²) in [6, 6.07) is 14.1. The number of hydrogen-bond acceptors (Lipinski definition) is 2. The molecular formula is C16H16BrCl2NS. The second-order valence-corrected chi connectivity index (χ2v) is 7.68. The number of rotatable bonds is 5. The van der Waals surface area contributed by atoms with Crippen LogP contribution in [0.5, 0.6) is 0 Å². The normalized spacial score (nSPS) is 14.0. The van der Waals surface area contributed by atoms with Gasteiger partial charge in [-0.3, -0.25) is 0 Å². The number of thioether (sulfide) groups is 1. The van der Waals surface area contributed by atoms with Gasteiger partial charge in [0.25, 0.3) is 0 Å². The predicted octanol–water partition coefficient (Wildman–Crippen LogP) is 6.33. The molecule has 5 heteroatoms. The van der Waals surface area contributed by atoms with Gasteiger partial charge in [0.05, 0.1) is 10.0 Å². The van der Waals surface area contributed by atoms with Gasteiger partial charge in [-0.2, -0.15) is 0 Å². The van der Waals surface area contributed by atoms with Crippen molar-refractivity contribution in [2.45, 2.75) is 29.5 Å². The van der Waals surface area contributed by atoms with Crippen molar-refractivity contribution in [3.63, 3.8) is 0 Å². The molecule has 0 bridgehead atoms. The monoisotopic (exact) mass is 403 g/mol. The summed E-state index contributed by atoms with van der Waals surface area (Å²) in [6.07, 6.45) is 0.912. The third kappa shape index (κ3) is 4.64. The predicted molar refractivity (Wildman–Crippen MR) is 97.5 cm³/mol. The van der Waals surface area contributed by atoms with E-state index in [-0.39, 0.29) is 11.3 Å². The molecule has 0 spiro atoms. The summed E-state index contributed by atoms with van der Waals surface area (Å²) in [7, 11) is 0. The maximum atomic E-state index is 6.31.